The van der Waals surface area contributed by atoms with Crippen LogP contribution >= 0.6 is 0 Å². The molecule has 0 aromatic heterocycles. The Morgan fingerprint density at radius 3 is 2.65 bits per heavy atom. The first kappa shape index (κ1) is 15.8. The Morgan fingerprint density at radius 2 is 2.00 bits per heavy atom. The van der Waals surface area contributed by atoms with E-state index in [2.05, 4.69) is 10.6 Å². The number of benzene rings is 1. The summed E-state index contributed by atoms with van der Waals surface area (Å²) in [6.45, 7) is 0.588. The average Bonchev–Trinajstić information content (AvgIpc) is 2.45. The summed E-state index contributed by atoms with van der Waals surface area (Å²) in [7, 11) is 2.92. The predicted octanol–water partition coefficient (Wildman–Crippen LogP) is -0.107. The number of phenolic OH excluding ortho intramolecular Hbond substituents is 1. The van der Waals surface area contributed by atoms with E-state index in [1.807, 2.05) is 0 Å². The molecule has 0 unspecified atom stereocenters. The number of hydrogen-bond donors (Lipinski definition) is 3. The number of amides is 2. The minimum Gasteiger partial charge on any atom is -0.504 e. The maximum Gasteiger partial charge on any atom is 0.255 e. The number of methoxy groups -OCH3 is 2. The first-order valence-electron chi connectivity index (χ1n) is 6.00. The molecule has 1 rings (SSSR count). The lowest BCUT2D eigenvalue weighted by Crippen LogP contribution is -2.38. The molecule has 20 heavy (non-hydrogen) atoms. The highest BCUT2D eigenvalue weighted by molar-refractivity contribution is 5.99. The summed E-state index contributed by atoms with van der Waals surface area (Å²) in [6, 6.07) is 4.55. The molecular formula is C13H18N2O5. The largest absolute Gasteiger partial charge is 0.504 e. The van der Waals surface area contributed by atoms with E-state index in [9.17, 15) is 14.7 Å². The van der Waals surface area contributed by atoms with Gasteiger partial charge in [-0.1, -0.05) is 6.07 Å². The van der Waals surface area contributed by atoms with Crippen LogP contribution in [0.3, 0.4) is 0 Å². The average molecular weight is 282 g/mol. The normalized spacial score (nSPS) is 9.90. The highest BCUT2D eigenvalue weighted by Crippen LogP contribution is 2.28. The lowest BCUT2D eigenvalue weighted by atomic mass is 10.1. The fourth-order valence-corrected chi connectivity index (χ4v) is 1.48. The second kappa shape index (κ2) is 8.00. The Hall–Kier alpha value is -2.28. The van der Waals surface area contributed by atoms with Crippen molar-refractivity contribution in [1.29, 1.82) is 0 Å². The van der Waals surface area contributed by atoms with E-state index in [-0.39, 0.29) is 29.5 Å². The van der Waals surface area contributed by atoms with Gasteiger partial charge in [-0.15, -0.1) is 0 Å². The van der Waals surface area contributed by atoms with Crippen LogP contribution in [-0.4, -0.2) is 50.8 Å². The molecule has 1 aromatic rings. The number of hydrogen-bond acceptors (Lipinski definition) is 5. The number of nitrogens with one attached hydrogen (secondary N) is 2. The topological polar surface area (TPSA) is 96.9 Å². The van der Waals surface area contributed by atoms with Crippen LogP contribution in [-0.2, 0) is 9.53 Å². The number of rotatable bonds is 7. The van der Waals surface area contributed by atoms with Gasteiger partial charge in [0.25, 0.3) is 5.91 Å². The van der Waals surface area contributed by atoms with Gasteiger partial charge in [-0.05, 0) is 12.1 Å². The summed E-state index contributed by atoms with van der Waals surface area (Å²) in [6.07, 6.45) is 0. The van der Waals surface area contributed by atoms with Crippen LogP contribution in [0.2, 0.25) is 0 Å². The number of carbonyl (C=O) groups excluding carboxylic acids is 2. The van der Waals surface area contributed by atoms with Gasteiger partial charge < -0.3 is 25.2 Å². The molecule has 1 aromatic carbocycles. The van der Waals surface area contributed by atoms with Gasteiger partial charge in [-0.25, -0.2) is 0 Å². The van der Waals surface area contributed by atoms with Crippen molar-refractivity contribution in [3.8, 4) is 11.5 Å². The third-order valence-electron chi connectivity index (χ3n) is 2.50. The van der Waals surface area contributed by atoms with Crippen LogP contribution in [0.5, 0.6) is 11.5 Å². The number of ether oxygens (including phenoxy) is 2. The Morgan fingerprint density at radius 1 is 1.25 bits per heavy atom. The minimum absolute atomic E-state index is 0.0500. The van der Waals surface area contributed by atoms with E-state index in [1.165, 1.54) is 26.4 Å². The first-order valence-corrected chi connectivity index (χ1v) is 6.00. The van der Waals surface area contributed by atoms with E-state index >= 15 is 0 Å². The van der Waals surface area contributed by atoms with E-state index < -0.39 is 5.91 Å². The van der Waals surface area contributed by atoms with E-state index in [4.69, 9.17) is 9.47 Å². The second-order valence-corrected chi connectivity index (χ2v) is 3.88. The third kappa shape index (κ3) is 4.43. The molecule has 3 N–H and O–H groups in total. The molecule has 0 saturated carbocycles. The van der Waals surface area contributed by atoms with Crippen LogP contribution in [0.1, 0.15) is 10.4 Å². The van der Waals surface area contributed by atoms with Crippen molar-refractivity contribution in [2.75, 3.05) is 33.9 Å². The van der Waals surface area contributed by atoms with Crippen LogP contribution in [0.15, 0.2) is 18.2 Å². The molecule has 7 nitrogen and oxygen atoms in total. The highest BCUT2D eigenvalue weighted by atomic mass is 16.5. The number of carbonyl (C=O) groups is 2. The van der Waals surface area contributed by atoms with Crippen molar-refractivity contribution in [2.24, 2.45) is 0 Å². The van der Waals surface area contributed by atoms with Gasteiger partial charge in [0.05, 0.1) is 25.8 Å². The van der Waals surface area contributed by atoms with Crippen LogP contribution in [0, 0.1) is 0 Å². The Bertz CT molecular complexity index is 476. The SMILES string of the molecule is COCCNC(=O)CNC(=O)c1cccc(OC)c1O. The minimum atomic E-state index is -0.553. The molecule has 0 spiro atoms. The van der Waals surface area contributed by atoms with Gasteiger partial charge in [-0.2, -0.15) is 0 Å². The van der Waals surface area contributed by atoms with Crippen molar-refractivity contribution in [1.82, 2.24) is 10.6 Å². The number of aromatic hydroxyl groups is 1. The molecule has 0 heterocycles. The summed E-state index contributed by atoms with van der Waals surface area (Å²) in [4.78, 5) is 23.2. The van der Waals surface area contributed by atoms with Crippen molar-refractivity contribution < 1.29 is 24.2 Å². The second-order valence-electron chi connectivity index (χ2n) is 3.88. The molecule has 0 fully saturated rings. The molecule has 7 heteroatoms. The Kier molecular flexibility index (Phi) is 6.31. The summed E-state index contributed by atoms with van der Waals surface area (Å²) >= 11 is 0. The van der Waals surface area contributed by atoms with Crippen molar-refractivity contribution >= 4 is 11.8 Å². The van der Waals surface area contributed by atoms with Crippen LogP contribution in [0.25, 0.3) is 0 Å². The van der Waals surface area contributed by atoms with Crippen LogP contribution in [0.4, 0.5) is 0 Å². The molecule has 2 amide bonds. The molecule has 0 aliphatic carbocycles. The van der Waals surface area contributed by atoms with Crippen LogP contribution < -0.4 is 15.4 Å². The van der Waals surface area contributed by atoms with Gasteiger partial charge in [-0.3, -0.25) is 9.59 Å². The summed E-state index contributed by atoms with van der Waals surface area (Å²) in [5.41, 5.74) is 0.0500. The van der Waals surface area contributed by atoms with Crippen molar-refractivity contribution in [3.05, 3.63) is 23.8 Å². The van der Waals surface area contributed by atoms with Gasteiger partial charge >= 0.3 is 0 Å². The maximum absolute atomic E-state index is 11.8. The smallest absolute Gasteiger partial charge is 0.255 e. The first-order chi connectivity index (χ1) is 9.60. The van der Waals surface area contributed by atoms with Crippen molar-refractivity contribution in [3.63, 3.8) is 0 Å². The maximum atomic E-state index is 11.8. The third-order valence-corrected chi connectivity index (χ3v) is 2.50. The zero-order chi connectivity index (χ0) is 15.0. The molecule has 0 aliphatic rings. The zero-order valence-electron chi connectivity index (χ0n) is 11.4. The van der Waals surface area contributed by atoms with Gasteiger partial charge in [0.2, 0.25) is 5.91 Å². The fourth-order valence-electron chi connectivity index (χ4n) is 1.48. The van der Waals surface area contributed by atoms with Gasteiger partial charge in [0.1, 0.15) is 0 Å². The highest BCUT2D eigenvalue weighted by Gasteiger charge is 2.15. The molecule has 0 aliphatic heterocycles. The summed E-state index contributed by atoms with van der Waals surface area (Å²) in [5, 5.41) is 14.8. The predicted molar refractivity (Wildman–Crippen MR) is 71.9 cm³/mol. The Balaban J connectivity index is 2.53. The quantitative estimate of drug-likeness (QED) is 0.606. The summed E-state index contributed by atoms with van der Waals surface area (Å²) in [5.74, 6) is -0.949. The molecule has 110 valence electrons. The van der Waals surface area contributed by atoms with Gasteiger partial charge in [0.15, 0.2) is 11.5 Å². The lowest BCUT2D eigenvalue weighted by molar-refractivity contribution is -0.120. The van der Waals surface area contributed by atoms with E-state index in [1.54, 1.807) is 6.07 Å². The summed E-state index contributed by atoms with van der Waals surface area (Å²) < 4.78 is 9.68. The monoisotopic (exact) mass is 282 g/mol. The number of para-hydroxylation sites is 1. The Labute approximate surface area is 116 Å². The molecule has 0 bridgehead atoms. The standard InChI is InChI=1S/C13H18N2O5/c1-19-7-6-14-11(16)8-15-13(18)9-4-3-5-10(20-2)12(9)17/h3-5,17H,6-8H2,1-2H3,(H,14,16)(H,15,18). The van der Waals surface area contributed by atoms with Crippen molar-refractivity contribution in [2.45, 2.75) is 0 Å². The van der Waals surface area contributed by atoms with E-state index in [0.29, 0.717) is 13.2 Å². The fraction of sp³-hybridized carbons (Fsp3) is 0.385. The van der Waals surface area contributed by atoms with Gasteiger partial charge in [0, 0.05) is 13.7 Å². The molecule has 0 radical (unpaired) electrons. The molecular weight excluding hydrogens is 264 g/mol. The molecule has 0 atom stereocenters. The molecule has 0 saturated heterocycles. The zero-order valence-corrected chi connectivity index (χ0v) is 11.4. The number of phenols is 1. The van der Waals surface area contributed by atoms with E-state index in [0.717, 1.165) is 0 Å². The lowest BCUT2D eigenvalue weighted by Gasteiger charge is -2.09.